The van der Waals surface area contributed by atoms with Gasteiger partial charge in [-0.15, -0.1) is 0 Å². The maximum atomic E-state index is 6.20. The number of methoxy groups -OCH3 is 1. The van der Waals surface area contributed by atoms with E-state index in [2.05, 4.69) is 64.7 Å². The van der Waals surface area contributed by atoms with Crippen LogP contribution in [0.15, 0.2) is 54.9 Å². The molecule has 1 aliphatic heterocycles. The minimum absolute atomic E-state index is 0.232. The number of ether oxygens (including phenoxy) is 3. The lowest BCUT2D eigenvalue weighted by molar-refractivity contribution is -0.0840. The topological polar surface area (TPSA) is 48.8 Å². The molecule has 0 unspecified atom stereocenters. The van der Waals surface area contributed by atoms with Gasteiger partial charge in [0.05, 0.1) is 6.54 Å². The molecule has 0 spiro atoms. The average Bonchev–Trinajstić information content (AvgIpc) is 3.24. The number of likely N-dealkylation sites (tertiary alicyclic amines) is 1. The maximum Gasteiger partial charge on any atom is 0.122 e. The molecule has 4 rings (SSSR count). The first-order valence-electron chi connectivity index (χ1n) is 12.1. The normalized spacial score (nSPS) is 15.9. The van der Waals surface area contributed by atoms with Crippen LogP contribution in [0.5, 0.6) is 11.5 Å². The van der Waals surface area contributed by atoms with Crippen molar-refractivity contribution in [3.05, 3.63) is 77.4 Å². The van der Waals surface area contributed by atoms with Gasteiger partial charge < -0.3 is 18.8 Å². The van der Waals surface area contributed by atoms with E-state index in [9.17, 15) is 0 Å². The van der Waals surface area contributed by atoms with Crippen LogP contribution >= 0.6 is 0 Å². The highest BCUT2D eigenvalue weighted by atomic mass is 16.5. The van der Waals surface area contributed by atoms with Crippen LogP contribution in [0.3, 0.4) is 0 Å². The van der Waals surface area contributed by atoms with E-state index in [1.165, 1.54) is 16.7 Å². The van der Waals surface area contributed by atoms with E-state index in [0.717, 1.165) is 56.3 Å². The zero-order valence-electron chi connectivity index (χ0n) is 20.9. The fourth-order valence-electron chi connectivity index (χ4n) is 4.59. The van der Waals surface area contributed by atoms with Crippen molar-refractivity contribution in [3.8, 4) is 11.5 Å². The average molecular weight is 464 g/mol. The van der Waals surface area contributed by atoms with Crippen molar-refractivity contribution in [2.45, 2.75) is 52.3 Å². The Hall–Kier alpha value is -2.83. The number of aromatic nitrogens is 2. The predicted molar refractivity (Wildman–Crippen MR) is 135 cm³/mol. The molecule has 182 valence electrons. The lowest BCUT2D eigenvalue weighted by Gasteiger charge is -2.40. The van der Waals surface area contributed by atoms with E-state index in [0.29, 0.717) is 13.2 Å². The second-order valence-corrected chi connectivity index (χ2v) is 9.38. The van der Waals surface area contributed by atoms with Gasteiger partial charge >= 0.3 is 0 Å². The first kappa shape index (κ1) is 24.3. The molecule has 0 atom stereocenters. The molecule has 34 heavy (non-hydrogen) atoms. The number of rotatable bonds is 10. The Morgan fingerprint density at radius 2 is 1.82 bits per heavy atom. The third kappa shape index (κ3) is 6.19. The molecule has 2 heterocycles. The molecule has 1 aromatic heterocycles. The van der Waals surface area contributed by atoms with Gasteiger partial charge in [0.25, 0.3) is 0 Å². The molecular formula is C28H37N3O3. The van der Waals surface area contributed by atoms with Crippen molar-refractivity contribution in [3.63, 3.8) is 0 Å². The molecule has 0 N–H and O–H groups in total. The van der Waals surface area contributed by atoms with Crippen LogP contribution in [0, 0.1) is 20.8 Å². The summed E-state index contributed by atoms with van der Waals surface area (Å²) >= 11 is 0. The molecule has 0 bridgehead atoms. The van der Waals surface area contributed by atoms with Gasteiger partial charge in [-0.05, 0) is 62.9 Å². The maximum absolute atomic E-state index is 6.20. The summed E-state index contributed by atoms with van der Waals surface area (Å²) < 4.78 is 20.3. The van der Waals surface area contributed by atoms with E-state index in [1.54, 1.807) is 0 Å². The molecular weight excluding hydrogens is 426 g/mol. The van der Waals surface area contributed by atoms with Crippen LogP contribution in [0.4, 0.5) is 0 Å². The Balaban J connectivity index is 1.26. The van der Waals surface area contributed by atoms with Crippen molar-refractivity contribution >= 4 is 0 Å². The summed E-state index contributed by atoms with van der Waals surface area (Å²) in [6, 6.07) is 14.8. The highest BCUT2D eigenvalue weighted by Gasteiger charge is 2.35. The standard InChI is InChI=1S/C28H37N3O3/c1-22-8-9-27(23(2)18-22)34-21-28(32-4)10-13-30(14-11-28)20-25-6-5-7-26(19-25)33-17-16-31-15-12-29-24(31)3/h5-9,12,15,18-19H,10-11,13-14,16-17,20-21H2,1-4H3. The van der Waals surface area contributed by atoms with Crippen LogP contribution in [0.25, 0.3) is 0 Å². The molecule has 3 aromatic rings. The number of hydrogen-bond donors (Lipinski definition) is 0. The third-order valence-corrected chi connectivity index (χ3v) is 6.85. The largest absolute Gasteiger partial charge is 0.492 e. The number of aryl methyl sites for hydroxylation is 3. The zero-order chi connectivity index (χ0) is 24.0. The van der Waals surface area contributed by atoms with E-state index >= 15 is 0 Å². The lowest BCUT2D eigenvalue weighted by atomic mass is 9.91. The highest BCUT2D eigenvalue weighted by molar-refractivity contribution is 5.35. The van der Waals surface area contributed by atoms with E-state index in [4.69, 9.17) is 14.2 Å². The summed E-state index contributed by atoms with van der Waals surface area (Å²) in [5.41, 5.74) is 3.46. The summed E-state index contributed by atoms with van der Waals surface area (Å²) in [4.78, 5) is 6.75. The monoisotopic (exact) mass is 463 g/mol. The van der Waals surface area contributed by atoms with Crippen LogP contribution in [-0.4, -0.2) is 53.5 Å². The molecule has 1 saturated heterocycles. The van der Waals surface area contributed by atoms with Gasteiger partial charge in [0, 0.05) is 39.1 Å². The minimum atomic E-state index is -0.232. The quantitative estimate of drug-likeness (QED) is 0.426. The third-order valence-electron chi connectivity index (χ3n) is 6.85. The molecule has 1 aliphatic rings. The first-order chi connectivity index (χ1) is 16.5. The van der Waals surface area contributed by atoms with Crippen LogP contribution in [0.1, 0.15) is 35.4 Å². The molecule has 1 fully saturated rings. The van der Waals surface area contributed by atoms with Crippen LogP contribution < -0.4 is 9.47 Å². The Labute approximate surface area is 203 Å². The number of piperidine rings is 1. The Morgan fingerprint density at radius 3 is 2.53 bits per heavy atom. The summed E-state index contributed by atoms with van der Waals surface area (Å²) in [7, 11) is 1.81. The van der Waals surface area contributed by atoms with Crippen molar-refractivity contribution in [2.24, 2.45) is 0 Å². The molecule has 0 amide bonds. The number of imidazole rings is 1. The van der Waals surface area contributed by atoms with Gasteiger partial charge in [-0.3, -0.25) is 4.90 Å². The van der Waals surface area contributed by atoms with Gasteiger partial charge in [0.15, 0.2) is 0 Å². The van der Waals surface area contributed by atoms with Gasteiger partial charge in [0.1, 0.15) is 36.1 Å². The van der Waals surface area contributed by atoms with Gasteiger partial charge in [-0.25, -0.2) is 4.98 Å². The number of nitrogens with zero attached hydrogens (tertiary/aromatic N) is 3. The summed E-state index contributed by atoms with van der Waals surface area (Å²) in [6.45, 7) is 11.1. The number of hydrogen-bond acceptors (Lipinski definition) is 5. The second kappa shape index (κ2) is 11.1. The van der Waals surface area contributed by atoms with E-state index < -0.39 is 0 Å². The smallest absolute Gasteiger partial charge is 0.122 e. The van der Waals surface area contributed by atoms with Crippen molar-refractivity contribution in [1.29, 1.82) is 0 Å². The Bertz CT molecular complexity index is 1070. The van der Waals surface area contributed by atoms with Gasteiger partial charge in [-0.2, -0.15) is 0 Å². The molecule has 0 aliphatic carbocycles. The van der Waals surface area contributed by atoms with Crippen LogP contribution in [-0.2, 0) is 17.8 Å². The molecule has 6 nitrogen and oxygen atoms in total. The zero-order valence-corrected chi connectivity index (χ0v) is 20.9. The number of benzene rings is 2. The van der Waals surface area contributed by atoms with E-state index in [-0.39, 0.29) is 5.60 Å². The second-order valence-electron chi connectivity index (χ2n) is 9.38. The van der Waals surface area contributed by atoms with Crippen molar-refractivity contribution in [1.82, 2.24) is 14.5 Å². The lowest BCUT2D eigenvalue weighted by Crippen LogP contribution is -2.48. The molecule has 2 aromatic carbocycles. The minimum Gasteiger partial charge on any atom is -0.492 e. The summed E-state index contributed by atoms with van der Waals surface area (Å²) in [5.74, 6) is 2.87. The first-order valence-corrected chi connectivity index (χ1v) is 12.1. The van der Waals surface area contributed by atoms with Gasteiger partial charge in [-0.1, -0.05) is 29.8 Å². The summed E-state index contributed by atoms with van der Waals surface area (Å²) in [5, 5.41) is 0. The highest BCUT2D eigenvalue weighted by Crippen LogP contribution is 2.29. The predicted octanol–water partition coefficient (Wildman–Crippen LogP) is 4.95. The molecule has 0 radical (unpaired) electrons. The molecule has 6 heteroatoms. The fraction of sp³-hybridized carbons (Fsp3) is 0.464. The van der Waals surface area contributed by atoms with Crippen molar-refractivity contribution < 1.29 is 14.2 Å². The Kier molecular flexibility index (Phi) is 7.91. The molecule has 0 saturated carbocycles. The Morgan fingerprint density at radius 1 is 1.00 bits per heavy atom. The SMILES string of the molecule is COC1(COc2ccc(C)cc2C)CCN(Cc2cccc(OCCn3ccnc3C)c2)CC1. The van der Waals surface area contributed by atoms with Crippen molar-refractivity contribution in [2.75, 3.05) is 33.4 Å². The summed E-state index contributed by atoms with van der Waals surface area (Å²) in [6.07, 6.45) is 5.71. The van der Waals surface area contributed by atoms with Gasteiger partial charge in [0.2, 0.25) is 0 Å². The van der Waals surface area contributed by atoms with E-state index in [1.807, 2.05) is 32.5 Å². The van der Waals surface area contributed by atoms with Crippen LogP contribution in [0.2, 0.25) is 0 Å². The fourth-order valence-corrected chi connectivity index (χ4v) is 4.59.